The van der Waals surface area contributed by atoms with Crippen LogP contribution < -0.4 is 5.73 Å². The van der Waals surface area contributed by atoms with Crippen molar-refractivity contribution < 1.29 is 44.0 Å². The van der Waals surface area contributed by atoms with Gasteiger partial charge in [-0.2, -0.15) is 0 Å². The van der Waals surface area contributed by atoms with E-state index in [1.807, 2.05) is 4.90 Å². The fourth-order valence-corrected chi connectivity index (χ4v) is 7.63. The average Bonchev–Trinajstić information content (AvgIpc) is 3.59. The van der Waals surface area contributed by atoms with E-state index in [2.05, 4.69) is 0 Å². The number of ketones is 2. The third-order valence-corrected chi connectivity index (χ3v) is 9.64. The lowest BCUT2D eigenvalue weighted by Crippen LogP contribution is -2.63. The first-order chi connectivity index (χ1) is 19.8. The Hall–Kier alpha value is -3.81. The van der Waals surface area contributed by atoms with Crippen LogP contribution in [0.3, 0.4) is 0 Å². The van der Waals surface area contributed by atoms with Crippen molar-refractivity contribution >= 4 is 23.4 Å². The minimum Gasteiger partial charge on any atom is -0.510 e. The highest BCUT2D eigenvalue weighted by Crippen LogP contribution is 2.53. The number of nitrogens with two attached hydrogens (primary N) is 1. The Morgan fingerprint density at radius 2 is 1.71 bits per heavy atom. The number of nitrogens with zero attached hydrogens (tertiary/aromatic N) is 3. The Labute approximate surface area is 240 Å². The number of benzene rings is 1. The number of hydrogen-bond acceptors (Lipinski definition) is 10. The Balaban J connectivity index is 1.42. The number of phenolic OH excluding ortho intramolecular Hbond substituents is 1. The number of carbonyl (C=O) groups is 4. The van der Waals surface area contributed by atoms with Crippen molar-refractivity contribution in [2.75, 3.05) is 33.7 Å². The van der Waals surface area contributed by atoms with Gasteiger partial charge in [0.2, 0.25) is 11.7 Å². The Morgan fingerprint density at radius 3 is 2.33 bits per heavy atom. The molecule has 6 rings (SSSR count). The summed E-state index contributed by atoms with van der Waals surface area (Å²) in [4.78, 5) is 57.3. The first kappa shape index (κ1) is 28.3. The summed E-state index contributed by atoms with van der Waals surface area (Å²) in [6.07, 6.45) is 1.71. The van der Waals surface area contributed by atoms with Crippen LogP contribution in [0.25, 0.3) is 0 Å². The minimum absolute atomic E-state index is 0.0599. The maximum Gasteiger partial charge on any atom is 0.255 e. The number of primary amides is 1. The monoisotopic (exact) mass is 584 g/mol. The molecule has 1 aromatic rings. The van der Waals surface area contributed by atoms with Crippen LogP contribution >= 0.6 is 0 Å². The Bertz CT molecular complexity index is 1530. The fraction of sp³-hybridized carbons (Fsp3) is 0.517. The van der Waals surface area contributed by atoms with Crippen LogP contribution in [0.4, 0.5) is 4.39 Å². The molecule has 1 aromatic carbocycles. The van der Waals surface area contributed by atoms with Gasteiger partial charge in [-0.25, -0.2) is 4.39 Å². The van der Waals surface area contributed by atoms with Gasteiger partial charge in [-0.1, -0.05) is 0 Å². The van der Waals surface area contributed by atoms with Crippen molar-refractivity contribution in [2.45, 2.75) is 50.4 Å². The Morgan fingerprint density at radius 1 is 1.07 bits per heavy atom. The standard InChI is InChI=1S/C29H33FN4O8/c1-32(2)22-16-8-12-7-13-19(24(37)18(12)26(39)29(16,42)27(40)20(25(22)38)28(31)41)23(36)15-10-34(9-14(15)21(13)30)17(35)11-33-5-3-4-6-33/h12,16,22,36,38-39,42H,3-11H2,1-2H3,(H2,31,41)/t12-,16-,22-,29-/m0/s1. The summed E-state index contributed by atoms with van der Waals surface area (Å²) in [5, 5.41) is 45.2. The molecule has 0 saturated carbocycles. The molecule has 4 atom stereocenters. The largest absolute Gasteiger partial charge is 0.510 e. The molecule has 5 aliphatic rings. The van der Waals surface area contributed by atoms with Crippen LogP contribution in [-0.2, 0) is 33.9 Å². The van der Waals surface area contributed by atoms with Gasteiger partial charge in [0.25, 0.3) is 5.91 Å². The number of Topliss-reactive ketones (excluding diaryl/α,β-unsaturated/α-hetero) is 2. The highest BCUT2D eigenvalue weighted by Gasteiger charge is 2.63. The topological polar surface area (TPSA) is 185 Å². The number of likely N-dealkylation sites (tertiary alicyclic amines) is 1. The van der Waals surface area contributed by atoms with E-state index in [4.69, 9.17) is 5.73 Å². The number of halogens is 1. The summed E-state index contributed by atoms with van der Waals surface area (Å²) in [5.41, 5.74) is 1.10. The number of aliphatic hydroxyl groups is 3. The van der Waals surface area contributed by atoms with E-state index in [9.17, 15) is 39.6 Å². The summed E-state index contributed by atoms with van der Waals surface area (Å²) in [7, 11) is 3.07. The fourth-order valence-electron chi connectivity index (χ4n) is 7.63. The lowest BCUT2D eigenvalue weighted by atomic mass is 9.58. The van der Waals surface area contributed by atoms with Gasteiger partial charge in [-0.3, -0.25) is 29.0 Å². The molecule has 0 spiro atoms. The van der Waals surface area contributed by atoms with Gasteiger partial charge in [-0.05, 0) is 58.8 Å². The van der Waals surface area contributed by atoms with E-state index in [0.717, 1.165) is 25.9 Å². The molecule has 13 heteroatoms. The molecule has 3 aliphatic carbocycles. The van der Waals surface area contributed by atoms with Gasteiger partial charge >= 0.3 is 0 Å². The summed E-state index contributed by atoms with van der Waals surface area (Å²) in [6, 6.07) is -1.14. The lowest BCUT2D eigenvalue weighted by molar-refractivity contribution is -0.148. The molecule has 224 valence electrons. The molecule has 2 amide bonds. The van der Waals surface area contributed by atoms with E-state index in [1.165, 1.54) is 23.9 Å². The van der Waals surface area contributed by atoms with Crippen molar-refractivity contribution in [1.82, 2.24) is 14.7 Å². The maximum absolute atomic E-state index is 16.1. The number of aromatic hydroxyl groups is 1. The summed E-state index contributed by atoms with van der Waals surface area (Å²) in [5.74, 6) is -8.81. The number of aliphatic hydroxyl groups excluding tert-OH is 2. The van der Waals surface area contributed by atoms with E-state index in [0.29, 0.717) is 0 Å². The van der Waals surface area contributed by atoms with E-state index >= 15 is 4.39 Å². The van der Waals surface area contributed by atoms with E-state index in [1.54, 1.807) is 0 Å². The number of likely N-dealkylation sites (N-methyl/N-ethyl adjacent to an activating group) is 1. The highest BCUT2D eigenvalue weighted by atomic mass is 19.1. The number of amides is 2. The zero-order chi connectivity index (χ0) is 30.4. The molecule has 0 aromatic heterocycles. The molecule has 1 saturated heterocycles. The summed E-state index contributed by atoms with van der Waals surface area (Å²) in [6.45, 7) is 1.62. The zero-order valence-corrected chi connectivity index (χ0v) is 23.3. The molecule has 6 N–H and O–H groups in total. The number of phenols is 1. The third-order valence-electron chi connectivity index (χ3n) is 9.64. The normalized spacial score (nSPS) is 29.2. The molecule has 12 nitrogen and oxygen atoms in total. The maximum atomic E-state index is 16.1. The van der Waals surface area contributed by atoms with Crippen LogP contribution in [0.5, 0.6) is 5.75 Å². The number of fused-ring (bicyclic) bond motifs is 4. The average molecular weight is 585 g/mol. The molecule has 0 bridgehead atoms. The number of rotatable bonds is 4. The van der Waals surface area contributed by atoms with Crippen molar-refractivity contribution in [1.29, 1.82) is 0 Å². The van der Waals surface area contributed by atoms with E-state index < -0.39 is 69.6 Å². The highest BCUT2D eigenvalue weighted by molar-refractivity contribution is 6.24. The molecular weight excluding hydrogens is 551 g/mol. The smallest absolute Gasteiger partial charge is 0.255 e. The minimum atomic E-state index is -2.77. The molecule has 1 fully saturated rings. The predicted octanol–water partition coefficient (Wildman–Crippen LogP) is 0.198. The van der Waals surface area contributed by atoms with Crippen LogP contribution in [-0.4, -0.2) is 104 Å². The quantitative estimate of drug-likeness (QED) is 0.306. The van der Waals surface area contributed by atoms with Gasteiger partial charge in [0, 0.05) is 34.7 Å². The summed E-state index contributed by atoms with van der Waals surface area (Å²) < 4.78 is 16.1. The van der Waals surface area contributed by atoms with Crippen LogP contribution in [0.2, 0.25) is 0 Å². The molecule has 0 unspecified atom stereocenters. The zero-order valence-electron chi connectivity index (χ0n) is 23.3. The van der Waals surface area contributed by atoms with Crippen molar-refractivity contribution in [3.05, 3.63) is 50.7 Å². The van der Waals surface area contributed by atoms with Crippen molar-refractivity contribution in [3.8, 4) is 5.75 Å². The molecular formula is C29H33FN4O8. The van der Waals surface area contributed by atoms with Gasteiger partial charge in [0.05, 0.1) is 24.7 Å². The molecule has 0 radical (unpaired) electrons. The SMILES string of the molecule is CN(C)[C@@H]1C(O)=C(C(N)=O)C(=O)[C@@]2(O)C(O)=C3C(=O)c4c(O)c5c(c(F)c4C[C@H]3C[C@@H]12)CN(C(=O)CN1CCCC1)C5. The molecule has 42 heavy (non-hydrogen) atoms. The molecule has 2 heterocycles. The van der Waals surface area contributed by atoms with Crippen molar-refractivity contribution in [3.63, 3.8) is 0 Å². The second kappa shape index (κ2) is 9.61. The first-order valence-electron chi connectivity index (χ1n) is 14.0. The number of allylic oxidation sites excluding steroid dienone is 1. The second-order valence-electron chi connectivity index (χ2n) is 12.2. The predicted molar refractivity (Wildman–Crippen MR) is 144 cm³/mol. The van der Waals surface area contributed by atoms with Crippen LogP contribution in [0.1, 0.15) is 46.3 Å². The van der Waals surface area contributed by atoms with Gasteiger partial charge in [0.15, 0.2) is 11.4 Å². The van der Waals surface area contributed by atoms with Gasteiger partial charge < -0.3 is 31.1 Å². The first-order valence-corrected chi connectivity index (χ1v) is 14.0. The van der Waals surface area contributed by atoms with Crippen molar-refractivity contribution in [2.24, 2.45) is 17.6 Å². The van der Waals surface area contributed by atoms with Crippen LogP contribution in [0.15, 0.2) is 22.7 Å². The molecule has 2 aliphatic heterocycles. The van der Waals surface area contributed by atoms with Crippen LogP contribution in [0, 0.1) is 17.7 Å². The van der Waals surface area contributed by atoms with E-state index in [-0.39, 0.29) is 66.2 Å². The third kappa shape index (κ3) is 3.76. The number of hydrogen-bond donors (Lipinski definition) is 5. The van der Waals surface area contributed by atoms with Gasteiger partial charge in [0.1, 0.15) is 28.7 Å². The van der Waals surface area contributed by atoms with Gasteiger partial charge in [-0.15, -0.1) is 0 Å². The lowest BCUT2D eigenvalue weighted by Gasteiger charge is -2.50. The summed E-state index contributed by atoms with van der Waals surface area (Å²) >= 11 is 0. The second-order valence-corrected chi connectivity index (χ2v) is 12.2. The Kier molecular flexibility index (Phi) is 6.48. The number of carbonyl (C=O) groups excluding carboxylic acids is 4.